The predicted octanol–water partition coefficient (Wildman–Crippen LogP) is 3.67. The van der Waals surface area contributed by atoms with Gasteiger partial charge in [-0.1, -0.05) is 25.7 Å². The normalized spacial score (nSPS) is 21.3. The second-order valence-corrected chi connectivity index (χ2v) is 10.7. The van der Waals surface area contributed by atoms with Crippen LogP contribution in [-0.2, 0) is 6.54 Å². The molecule has 9 heteroatoms. The molecule has 170 valence electrons. The van der Waals surface area contributed by atoms with Crippen LogP contribution in [0.25, 0.3) is 11.0 Å². The third-order valence-corrected chi connectivity index (χ3v) is 8.35. The maximum absolute atomic E-state index is 12.7. The molecule has 1 saturated carbocycles. The van der Waals surface area contributed by atoms with Crippen molar-refractivity contribution in [1.82, 2.24) is 29.6 Å². The first-order valence-electron chi connectivity index (χ1n) is 12.1. The molecule has 2 saturated heterocycles. The number of fused-ring (bicyclic) bond motifs is 1. The Morgan fingerprint density at radius 1 is 1.03 bits per heavy atom. The van der Waals surface area contributed by atoms with Gasteiger partial charge in [0.2, 0.25) is 0 Å². The highest BCUT2D eigenvalue weighted by molar-refractivity contribution is 7.15. The van der Waals surface area contributed by atoms with E-state index in [1.807, 2.05) is 10.9 Å². The van der Waals surface area contributed by atoms with Gasteiger partial charge < -0.3 is 9.88 Å². The Hall–Kier alpha value is -2.26. The molecule has 6 rings (SSSR count). The number of nitrogens with zero attached hydrogens (tertiary/aromatic N) is 6. The Balaban J connectivity index is 1.15. The summed E-state index contributed by atoms with van der Waals surface area (Å²) in [6, 6.07) is 0.370. The summed E-state index contributed by atoms with van der Waals surface area (Å²) in [5.41, 5.74) is 0.691. The van der Waals surface area contributed by atoms with Crippen molar-refractivity contribution in [2.24, 2.45) is 0 Å². The third kappa shape index (κ3) is 3.85. The lowest BCUT2D eigenvalue weighted by atomic mass is 9.96. The quantitative estimate of drug-likeness (QED) is 0.635. The number of aromatic amines is 1. The maximum Gasteiger partial charge on any atom is 0.262 e. The van der Waals surface area contributed by atoms with Crippen molar-refractivity contribution in [2.75, 3.05) is 31.1 Å². The number of likely N-dealkylation sites (tertiary alicyclic amines) is 1. The molecule has 2 aliphatic heterocycles. The molecule has 3 fully saturated rings. The van der Waals surface area contributed by atoms with Gasteiger partial charge in [0.15, 0.2) is 10.8 Å². The van der Waals surface area contributed by atoms with Crippen molar-refractivity contribution < 1.29 is 0 Å². The van der Waals surface area contributed by atoms with Crippen molar-refractivity contribution in [3.05, 3.63) is 33.4 Å². The summed E-state index contributed by atoms with van der Waals surface area (Å²) in [6.45, 7) is 5.13. The van der Waals surface area contributed by atoms with Crippen molar-refractivity contribution in [3.63, 3.8) is 0 Å². The topological polar surface area (TPSA) is 82.9 Å². The zero-order chi connectivity index (χ0) is 21.5. The van der Waals surface area contributed by atoms with Gasteiger partial charge in [0.05, 0.1) is 18.2 Å². The highest BCUT2D eigenvalue weighted by atomic mass is 32.1. The number of hydrogen-bond donors (Lipinski definition) is 1. The van der Waals surface area contributed by atoms with Gasteiger partial charge in [-0.05, 0) is 38.8 Å². The van der Waals surface area contributed by atoms with Crippen LogP contribution in [0.5, 0.6) is 0 Å². The SMILES string of the molecule is O=c1[nH]c(C2CN(c3ncc(CN4CCCCC4)s3)C2)nc2c1cnn2C1CCCCC1. The molecule has 8 nitrogen and oxygen atoms in total. The van der Waals surface area contributed by atoms with Crippen molar-refractivity contribution >= 4 is 27.5 Å². The van der Waals surface area contributed by atoms with E-state index in [0.717, 1.165) is 49.1 Å². The van der Waals surface area contributed by atoms with Gasteiger partial charge in [0.1, 0.15) is 11.2 Å². The molecule has 32 heavy (non-hydrogen) atoms. The van der Waals surface area contributed by atoms with Gasteiger partial charge in [-0.2, -0.15) is 5.10 Å². The highest BCUT2D eigenvalue weighted by Crippen LogP contribution is 2.34. The van der Waals surface area contributed by atoms with Crippen molar-refractivity contribution in [1.29, 1.82) is 0 Å². The van der Waals surface area contributed by atoms with Crippen molar-refractivity contribution in [2.45, 2.75) is 69.9 Å². The lowest BCUT2D eigenvalue weighted by Gasteiger charge is -2.38. The number of rotatable bonds is 5. The van der Waals surface area contributed by atoms with Crippen molar-refractivity contribution in [3.8, 4) is 0 Å². The largest absolute Gasteiger partial charge is 0.346 e. The van der Waals surface area contributed by atoms with Gasteiger partial charge >= 0.3 is 0 Å². The number of anilines is 1. The van der Waals surface area contributed by atoms with Crippen LogP contribution in [0, 0.1) is 0 Å². The molecule has 5 heterocycles. The van der Waals surface area contributed by atoms with Crippen LogP contribution in [0.4, 0.5) is 5.13 Å². The molecule has 0 atom stereocenters. The first-order valence-corrected chi connectivity index (χ1v) is 13.0. The Labute approximate surface area is 191 Å². The van der Waals surface area contributed by atoms with Crippen LogP contribution < -0.4 is 10.5 Å². The lowest BCUT2D eigenvalue weighted by Crippen LogP contribution is -2.46. The molecule has 1 aliphatic carbocycles. The minimum atomic E-state index is -0.0661. The van der Waals surface area contributed by atoms with Crippen LogP contribution in [-0.4, -0.2) is 55.8 Å². The average molecular weight is 454 g/mol. The fraction of sp³-hybridized carbons (Fsp3) is 0.652. The molecule has 0 bridgehead atoms. The van der Waals surface area contributed by atoms with Gasteiger partial charge in [-0.25, -0.2) is 14.6 Å². The molecular formula is C23H31N7OS. The van der Waals surface area contributed by atoms with E-state index in [4.69, 9.17) is 4.98 Å². The summed E-state index contributed by atoms with van der Waals surface area (Å²) in [7, 11) is 0. The first-order chi connectivity index (χ1) is 15.7. The lowest BCUT2D eigenvalue weighted by molar-refractivity contribution is 0.222. The van der Waals surface area contributed by atoms with E-state index in [2.05, 4.69) is 24.9 Å². The van der Waals surface area contributed by atoms with Gasteiger partial charge in [-0.15, -0.1) is 11.3 Å². The highest BCUT2D eigenvalue weighted by Gasteiger charge is 2.33. The summed E-state index contributed by atoms with van der Waals surface area (Å²) in [4.78, 5) is 31.5. The fourth-order valence-corrected chi connectivity index (χ4v) is 6.37. The zero-order valence-corrected chi connectivity index (χ0v) is 19.3. The molecule has 3 aromatic heterocycles. The molecule has 0 spiro atoms. The minimum Gasteiger partial charge on any atom is -0.346 e. The summed E-state index contributed by atoms with van der Waals surface area (Å²) >= 11 is 1.80. The van der Waals surface area contributed by atoms with E-state index in [1.54, 1.807) is 17.5 Å². The number of piperidine rings is 1. The fourth-order valence-electron chi connectivity index (χ4n) is 5.40. The smallest absolute Gasteiger partial charge is 0.262 e. The van der Waals surface area contributed by atoms with E-state index in [-0.39, 0.29) is 11.5 Å². The number of H-pyrrole nitrogens is 1. The third-order valence-electron chi connectivity index (χ3n) is 7.31. The second kappa shape index (κ2) is 8.59. The molecule has 0 unspecified atom stereocenters. The Kier molecular flexibility index (Phi) is 5.46. The zero-order valence-electron chi connectivity index (χ0n) is 18.5. The van der Waals surface area contributed by atoms with Crippen LogP contribution in [0.2, 0.25) is 0 Å². The Morgan fingerprint density at radius 3 is 2.62 bits per heavy atom. The maximum atomic E-state index is 12.7. The van der Waals surface area contributed by atoms with Gasteiger partial charge in [0, 0.05) is 30.7 Å². The summed E-state index contributed by atoms with van der Waals surface area (Å²) in [5, 5.41) is 6.24. The first kappa shape index (κ1) is 20.4. The van der Waals surface area contributed by atoms with Gasteiger partial charge in [-0.3, -0.25) is 9.69 Å². The van der Waals surface area contributed by atoms with Gasteiger partial charge in [0.25, 0.3) is 5.56 Å². The Bertz CT molecular complexity index is 1130. The summed E-state index contributed by atoms with van der Waals surface area (Å²) in [6.07, 6.45) is 13.7. The van der Waals surface area contributed by atoms with E-state index in [0.29, 0.717) is 11.4 Å². The second-order valence-electron chi connectivity index (χ2n) is 9.62. The minimum absolute atomic E-state index is 0.0661. The molecule has 0 radical (unpaired) electrons. The van der Waals surface area contributed by atoms with E-state index < -0.39 is 0 Å². The predicted molar refractivity (Wildman–Crippen MR) is 126 cm³/mol. The average Bonchev–Trinajstić information content (AvgIpc) is 3.42. The standard InChI is InChI=1S/C23H31N7OS/c31-22-19-12-25-30(17-7-3-1-4-8-17)21(19)26-20(27-22)16-13-29(14-16)23-24-11-18(32-23)15-28-9-5-2-6-10-28/h11-12,16-17H,1-10,13-15H2,(H,26,27,31). The molecule has 3 aromatic rings. The van der Waals surface area contributed by atoms with E-state index in [1.165, 1.54) is 56.5 Å². The van der Waals surface area contributed by atoms with E-state index in [9.17, 15) is 4.79 Å². The van der Waals surface area contributed by atoms with E-state index >= 15 is 0 Å². The number of nitrogens with one attached hydrogen (secondary N) is 1. The monoisotopic (exact) mass is 453 g/mol. The molecule has 3 aliphatic rings. The molecule has 1 N–H and O–H groups in total. The van der Waals surface area contributed by atoms with Crippen LogP contribution in [0.15, 0.2) is 17.2 Å². The van der Waals surface area contributed by atoms with Crippen LogP contribution in [0.3, 0.4) is 0 Å². The summed E-state index contributed by atoms with van der Waals surface area (Å²) < 4.78 is 2.01. The molecule has 0 aromatic carbocycles. The Morgan fingerprint density at radius 2 is 1.81 bits per heavy atom. The molecule has 0 amide bonds. The number of aromatic nitrogens is 5. The molecular weight excluding hydrogens is 422 g/mol. The summed E-state index contributed by atoms with van der Waals surface area (Å²) in [5.74, 6) is 1.03. The number of thiazole rings is 1. The van der Waals surface area contributed by atoms with Crippen LogP contribution in [0.1, 0.15) is 74.0 Å². The number of hydrogen-bond acceptors (Lipinski definition) is 7. The van der Waals surface area contributed by atoms with Crippen LogP contribution >= 0.6 is 11.3 Å².